The molecule has 4 heteroatoms. The largest absolute Gasteiger partial charge is 0.495 e. The molecule has 0 spiro atoms. The summed E-state index contributed by atoms with van der Waals surface area (Å²) in [7, 11) is 3.14. The lowest BCUT2D eigenvalue weighted by Gasteiger charge is -2.10. The van der Waals surface area contributed by atoms with Crippen LogP contribution in [0.4, 0.5) is 0 Å². The Labute approximate surface area is 94.4 Å². The van der Waals surface area contributed by atoms with Gasteiger partial charge in [-0.25, -0.2) is 0 Å². The molecule has 0 saturated carbocycles. The molecular formula is C11H14ClNO2. The van der Waals surface area contributed by atoms with Crippen molar-refractivity contribution in [1.82, 2.24) is 0 Å². The zero-order valence-electron chi connectivity index (χ0n) is 8.79. The first-order chi connectivity index (χ1) is 7.24. The molecule has 0 bridgehead atoms. The molecule has 0 amide bonds. The molecule has 0 aromatic heterocycles. The van der Waals surface area contributed by atoms with Crippen molar-refractivity contribution in [3.8, 4) is 11.5 Å². The van der Waals surface area contributed by atoms with E-state index in [2.05, 4.69) is 0 Å². The summed E-state index contributed by atoms with van der Waals surface area (Å²) in [6, 6.07) is 3.66. The van der Waals surface area contributed by atoms with Crippen LogP contribution in [0.5, 0.6) is 11.5 Å². The van der Waals surface area contributed by atoms with Gasteiger partial charge >= 0.3 is 0 Å². The van der Waals surface area contributed by atoms with E-state index in [-0.39, 0.29) is 0 Å². The van der Waals surface area contributed by atoms with E-state index in [1.165, 1.54) is 0 Å². The van der Waals surface area contributed by atoms with Gasteiger partial charge in [-0.15, -0.1) is 0 Å². The molecule has 0 saturated heterocycles. The molecule has 0 aliphatic rings. The first kappa shape index (κ1) is 11.9. The van der Waals surface area contributed by atoms with Crippen molar-refractivity contribution >= 4 is 17.7 Å². The Morgan fingerprint density at radius 1 is 1.33 bits per heavy atom. The van der Waals surface area contributed by atoms with E-state index >= 15 is 0 Å². The highest BCUT2D eigenvalue weighted by Crippen LogP contribution is 2.37. The fraction of sp³-hybridized carbons (Fsp3) is 0.273. The number of benzene rings is 1. The molecule has 0 aliphatic heterocycles. The fourth-order valence-corrected chi connectivity index (χ4v) is 1.57. The van der Waals surface area contributed by atoms with Crippen molar-refractivity contribution in [2.24, 2.45) is 5.73 Å². The Balaban J connectivity index is 3.18. The van der Waals surface area contributed by atoms with E-state index in [0.717, 1.165) is 5.56 Å². The number of nitrogens with two attached hydrogens (primary N) is 1. The van der Waals surface area contributed by atoms with Gasteiger partial charge in [0.25, 0.3) is 0 Å². The fourth-order valence-electron chi connectivity index (χ4n) is 1.24. The van der Waals surface area contributed by atoms with Crippen molar-refractivity contribution in [3.63, 3.8) is 0 Å². The van der Waals surface area contributed by atoms with Gasteiger partial charge in [-0.05, 0) is 12.1 Å². The summed E-state index contributed by atoms with van der Waals surface area (Å²) in [5.41, 5.74) is 6.26. The van der Waals surface area contributed by atoms with Gasteiger partial charge in [-0.3, -0.25) is 0 Å². The molecule has 0 fully saturated rings. The first-order valence-electron chi connectivity index (χ1n) is 4.51. The lowest BCUT2D eigenvalue weighted by molar-refractivity contribution is 0.394. The highest BCUT2D eigenvalue weighted by molar-refractivity contribution is 6.33. The van der Waals surface area contributed by atoms with Crippen molar-refractivity contribution < 1.29 is 9.47 Å². The first-order valence-corrected chi connectivity index (χ1v) is 4.89. The van der Waals surface area contributed by atoms with Crippen molar-refractivity contribution in [2.75, 3.05) is 20.8 Å². The molecule has 0 radical (unpaired) electrons. The van der Waals surface area contributed by atoms with Gasteiger partial charge < -0.3 is 15.2 Å². The van der Waals surface area contributed by atoms with E-state index in [4.69, 9.17) is 26.8 Å². The summed E-state index contributed by atoms with van der Waals surface area (Å²) < 4.78 is 10.3. The second kappa shape index (κ2) is 5.63. The Bertz CT molecular complexity index is 364. The summed E-state index contributed by atoms with van der Waals surface area (Å²) in [5.74, 6) is 1.19. The van der Waals surface area contributed by atoms with E-state index in [0.29, 0.717) is 23.1 Å². The number of rotatable bonds is 4. The summed E-state index contributed by atoms with van der Waals surface area (Å²) in [5, 5.41) is 0.471. The Morgan fingerprint density at radius 3 is 2.60 bits per heavy atom. The minimum absolute atomic E-state index is 0.471. The van der Waals surface area contributed by atoms with Gasteiger partial charge in [0.1, 0.15) is 16.5 Å². The van der Waals surface area contributed by atoms with Crippen LogP contribution in [0.15, 0.2) is 18.2 Å². The molecule has 0 atom stereocenters. The van der Waals surface area contributed by atoms with E-state index in [1.54, 1.807) is 20.3 Å². The minimum atomic E-state index is 0.471. The molecule has 15 heavy (non-hydrogen) atoms. The zero-order chi connectivity index (χ0) is 11.3. The molecule has 1 aromatic carbocycles. The van der Waals surface area contributed by atoms with Crippen molar-refractivity contribution in [2.45, 2.75) is 0 Å². The molecule has 0 unspecified atom stereocenters. The molecule has 1 rings (SSSR count). The number of halogens is 1. The number of hydrogen-bond acceptors (Lipinski definition) is 3. The van der Waals surface area contributed by atoms with Crippen molar-refractivity contribution in [1.29, 1.82) is 0 Å². The minimum Gasteiger partial charge on any atom is -0.495 e. The standard InChI is InChI=1S/C11H14ClNO2/c1-14-9-6-5-8(4-3-7-13)11(15-2)10(9)12/h3-6H,7,13H2,1-2H3/b4-3+. The molecule has 82 valence electrons. The van der Waals surface area contributed by atoms with Crippen LogP contribution in [0.1, 0.15) is 5.56 Å². The maximum absolute atomic E-state index is 6.08. The van der Waals surface area contributed by atoms with Gasteiger partial charge in [-0.1, -0.05) is 23.8 Å². The van der Waals surface area contributed by atoms with Crippen LogP contribution < -0.4 is 15.2 Å². The van der Waals surface area contributed by atoms with E-state index in [9.17, 15) is 0 Å². The predicted molar refractivity (Wildman–Crippen MR) is 62.6 cm³/mol. The summed E-state index contributed by atoms with van der Waals surface area (Å²) in [6.07, 6.45) is 3.70. The maximum atomic E-state index is 6.08. The molecule has 0 heterocycles. The van der Waals surface area contributed by atoms with Gasteiger partial charge in [0.15, 0.2) is 0 Å². The third-order valence-corrected chi connectivity index (χ3v) is 2.31. The Hall–Kier alpha value is -1.19. The number of methoxy groups -OCH3 is 2. The van der Waals surface area contributed by atoms with Crippen molar-refractivity contribution in [3.05, 3.63) is 28.8 Å². The van der Waals surface area contributed by atoms with Crippen LogP contribution in [-0.4, -0.2) is 20.8 Å². The van der Waals surface area contributed by atoms with Gasteiger partial charge in [0.2, 0.25) is 0 Å². The SMILES string of the molecule is COc1ccc(/C=C/CN)c(OC)c1Cl. The maximum Gasteiger partial charge on any atom is 0.148 e. The molecular weight excluding hydrogens is 214 g/mol. The Morgan fingerprint density at radius 2 is 2.07 bits per heavy atom. The molecule has 1 aromatic rings. The smallest absolute Gasteiger partial charge is 0.148 e. The van der Waals surface area contributed by atoms with Crippen LogP contribution in [0.3, 0.4) is 0 Å². The monoisotopic (exact) mass is 227 g/mol. The summed E-state index contributed by atoms with van der Waals surface area (Å²) in [6.45, 7) is 0.479. The summed E-state index contributed by atoms with van der Waals surface area (Å²) in [4.78, 5) is 0. The lowest BCUT2D eigenvalue weighted by Crippen LogP contribution is -1.94. The van der Waals surface area contributed by atoms with Crippen LogP contribution >= 0.6 is 11.6 Å². The predicted octanol–water partition coefficient (Wildman–Crippen LogP) is 2.33. The molecule has 0 aliphatic carbocycles. The highest BCUT2D eigenvalue weighted by atomic mass is 35.5. The number of ether oxygens (including phenoxy) is 2. The molecule has 3 nitrogen and oxygen atoms in total. The van der Waals surface area contributed by atoms with Gasteiger partial charge in [0, 0.05) is 12.1 Å². The number of hydrogen-bond donors (Lipinski definition) is 1. The normalized spacial score (nSPS) is 10.7. The van der Waals surface area contributed by atoms with E-state index < -0.39 is 0 Å². The third-order valence-electron chi connectivity index (χ3n) is 1.95. The third kappa shape index (κ3) is 2.64. The average molecular weight is 228 g/mol. The van der Waals surface area contributed by atoms with Gasteiger partial charge in [-0.2, -0.15) is 0 Å². The van der Waals surface area contributed by atoms with Gasteiger partial charge in [0.05, 0.1) is 14.2 Å². The average Bonchev–Trinajstić information content (AvgIpc) is 2.26. The lowest BCUT2D eigenvalue weighted by atomic mass is 10.1. The second-order valence-electron chi connectivity index (χ2n) is 2.84. The summed E-state index contributed by atoms with van der Waals surface area (Å²) >= 11 is 6.08. The van der Waals surface area contributed by atoms with Crippen LogP contribution in [0.2, 0.25) is 5.02 Å². The van der Waals surface area contributed by atoms with Crippen LogP contribution in [-0.2, 0) is 0 Å². The zero-order valence-corrected chi connectivity index (χ0v) is 9.54. The molecule has 2 N–H and O–H groups in total. The quantitative estimate of drug-likeness (QED) is 0.859. The second-order valence-corrected chi connectivity index (χ2v) is 3.22. The Kier molecular flexibility index (Phi) is 4.46. The highest BCUT2D eigenvalue weighted by Gasteiger charge is 2.10. The topological polar surface area (TPSA) is 44.5 Å². The van der Waals surface area contributed by atoms with E-state index in [1.807, 2.05) is 18.2 Å². The van der Waals surface area contributed by atoms with Crippen LogP contribution in [0, 0.1) is 0 Å². The van der Waals surface area contributed by atoms with Crippen LogP contribution in [0.25, 0.3) is 6.08 Å².